The van der Waals surface area contributed by atoms with Crippen LogP contribution in [0.25, 0.3) is 0 Å². The number of pyridine rings is 1. The number of nitrogens with zero attached hydrogens (tertiary/aromatic N) is 1. The molecule has 1 aromatic rings. The van der Waals surface area contributed by atoms with Crippen molar-refractivity contribution in [3.05, 3.63) is 29.6 Å². The van der Waals surface area contributed by atoms with Crippen molar-refractivity contribution in [1.29, 1.82) is 0 Å². The molecule has 1 rings (SSSR count). The zero-order valence-electron chi connectivity index (χ0n) is 10.4. The van der Waals surface area contributed by atoms with E-state index in [9.17, 15) is 4.79 Å². The van der Waals surface area contributed by atoms with Crippen molar-refractivity contribution in [2.45, 2.75) is 39.2 Å². The number of hydrogen-bond donors (Lipinski definition) is 2. The fraction of sp³-hybridized carbons (Fsp3) is 0.538. The molecule has 0 aliphatic rings. The minimum absolute atomic E-state index is 0.0996. The van der Waals surface area contributed by atoms with Crippen LogP contribution in [-0.4, -0.2) is 17.4 Å². The number of unbranched alkanes of at least 4 members (excludes halogenated alkanes) is 2. The van der Waals surface area contributed by atoms with Crippen molar-refractivity contribution in [1.82, 2.24) is 10.3 Å². The lowest BCUT2D eigenvalue weighted by molar-refractivity contribution is -0.121. The maximum atomic E-state index is 11.5. The van der Waals surface area contributed by atoms with Gasteiger partial charge in [-0.1, -0.05) is 12.5 Å². The SMILES string of the molecule is Cc1ccc(CNC(=O)CCCCCN)cn1. The van der Waals surface area contributed by atoms with Crippen LogP contribution in [0.3, 0.4) is 0 Å². The molecule has 17 heavy (non-hydrogen) atoms. The number of carbonyl (C=O) groups is 1. The minimum atomic E-state index is 0.0996. The third-order valence-corrected chi connectivity index (χ3v) is 2.57. The number of aryl methyl sites for hydroxylation is 1. The minimum Gasteiger partial charge on any atom is -0.352 e. The van der Waals surface area contributed by atoms with Crippen molar-refractivity contribution in [3.8, 4) is 0 Å². The molecular weight excluding hydrogens is 214 g/mol. The number of amides is 1. The second kappa shape index (κ2) is 7.79. The van der Waals surface area contributed by atoms with E-state index in [1.54, 1.807) is 6.20 Å². The maximum absolute atomic E-state index is 11.5. The van der Waals surface area contributed by atoms with Crippen LogP contribution in [0.1, 0.15) is 36.9 Å². The first-order chi connectivity index (χ1) is 8.22. The van der Waals surface area contributed by atoms with E-state index in [0.29, 0.717) is 19.5 Å². The van der Waals surface area contributed by atoms with Gasteiger partial charge in [-0.25, -0.2) is 0 Å². The van der Waals surface area contributed by atoms with Crippen LogP contribution in [0, 0.1) is 6.92 Å². The van der Waals surface area contributed by atoms with Gasteiger partial charge in [0.15, 0.2) is 0 Å². The predicted octanol–water partition coefficient (Wildman–Crippen LogP) is 1.53. The largest absolute Gasteiger partial charge is 0.352 e. The summed E-state index contributed by atoms with van der Waals surface area (Å²) in [5.74, 6) is 0.0996. The highest BCUT2D eigenvalue weighted by atomic mass is 16.1. The molecule has 0 fully saturated rings. The lowest BCUT2D eigenvalue weighted by Crippen LogP contribution is -2.22. The number of nitrogens with two attached hydrogens (primary N) is 1. The average Bonchev–Trinajstić information content (AvgIpc) is 2.34. The smallest absolute Gasteiger partial charge is 0.220 e. The Morgan fingerprint density at radius 3 is 2.82 bits per heavy atom. The summed E-state index contributed by atoms with van der Waals surface area (Å²) >= 11 is 0. The molecule has 1 heterocycles. The van der Waals surface area contributed by atoms with Gasteiger partial charge in [-0.15, -0.1) is 0 Å². The molecule has 1 aromatic heterocycles. The third-order valence-electron chi connectivity index (χ3n) is 2.57. The molecule has 94 valence electrons. The second-order valence-electron chi connectivity index (χ2n) is 4.18. The highest BCUT2D eigenvalue weighted by Gasteiger charge is 2.01. The van der Waals surface area contributed by atoms with Crippen molar-refractivity contribution in [2.75, 3.05) is 6.54 Å². The van der Waals surface area contributed by atoms with Gasteiger partial charge in [-0.3, -0.25) is 9.78 Å². The summed E-state index contributed by atoms with van der Waals surface area (Å²) in [4.78, 5) is 15.7. The van der Waals surface area contributed by atoms with Gasteiger partial charge in [0.25, 0.3) is 0 Å². The van der Waals surface area contributed by atoms with Gasteiger partial charge in [-0.05, 0) is 37.9 Å². The molecule has 0 aromatic carbocycles. The van der Waals surface area contributed by atoms with E-state index >= 15 is 0 Å². The maximum Gasteiger partial charge on any atom is 0.220 e. The zero-order valence-corrected chi connectivity index (χ0v) is 10.4. The lowest BCUT2D eigenvalue weighted by atomic mass is 10.2. The molecule has 0 atom stereocenters. The van der Waals surface area contributed by atoms with Gasteiger partial charge in [0, 0.05) is 24.9 Å². The summed E-state index contributed by atoms with van der Waals surface area (Å²) in [5, 5.41) is 2.89. The van der Waals surface area contributed by atoms with E-state index in [4.69, 9.17) is 5.73 Å². The van der Waals surface area contributed by atoms with Crippen LogP contribution in [0.2, 0.25) is 0 Å². The molecule has 4 heteroatoms. The van der Waals surface area contributed by atoms with Crippen LogP contribution in [0.5, 0.6) is 0 Å². The summed E-state index contributed by atoms with van der Waals surface area (Å²) < 4.78 is 0. The quantitative estimate of drug-likeness (QED) is 0.704. The van der Waals surface area contributed by atoms with E-state index in [0.717, 1.165) is 30.5 Å². The molecule has 0 saturated carbocycles. The summed E-state index contributed by atoms with van der Waals surface area (Å²) in [6.07, 6.45) is 5.31. The number of rotatable bonds is 7. The molecule has 0 aliphatic heterocycles. The van der Waals surface area contributed by atoms with Gasteiger partial charge >= 0.3 is 0 Å². The molecule has 3 N–H and O–H groups in total. The fourth-order valence-electron chi connectivity index (χ4n) is 1.50. The normalized spacial score (nSPS) is 10.2. The molecular formula is C13H21N3O. The number of carbonyl (C=O) groups excluding carboxylic acids is 1. The fourth-order valence-corrected chi connectivity index (χ4v) is 1.50. The van der Waals surface area contributed by atoms with E-state index in [-0.39, 0.29) is 5.91 Å². The van der Waals surface area contributed by atoms with Crippen LogP contribution >= 0.6 is 0 Å². The van der Waals surface area contributed by atoms with Crippen LogP contribution in [0.15, 0.2) is 18.3 Å². The first-order valence-electron chi connectivity index (χ1n) is 6.10. The van der Waals surface area contributed by atoms with Gasteiger partial charge < -0.3 is 11.1 Å². The summed E-state index contributed by atoms with van der Waals surface area (Å²) in [6, 6.07) is 3.93. The first kappa shape index (κ1) is 13.6. The van der Waals surface area contributed by atoms with Crippen molar-refractivity contribution in [2.24, 2.45) is 5.73 Å². The third kappa shape index (κ3) is 6.02. The van der Waals surface area contributed by atoms with E-state index in [2.05, 4.69) is 10.3 Å². The Morgan fingerprint density at radius 2 is 2.18 bits per heavy atom. The number of nitrogens with one attached hydrogen (secondary N) is 1. The number of aromatic nitrogens is 1. The number of hydrogen-bond acceptors (Lipinski definition) is 3. The summed E-state index contributed by atoms with van der Waals surface area (Å²) in [5.41, 5.74) is 7.41. The van der Waals surface area contributed by atoms with Gasteiger partial charge in [-0.2, -0.15) is 0 Å². The van der Waals surface area contributed by atoms with Gasteiger partial charge in [0.05, 0.1) is 0 Å². The zero-order chi connectivity index (χ0) is 12.5. The molecule has 0 bridgehead atoms. The van der Waals surface area contributed by atoms with Crippen LogP contribution < -0.4 is 11.1 Å². The Balaban J connectivity index is 2.17. The average molecular weight is 235 g/mol. The Bertz CT molecular complexity index is 335. The Morgan fingerprint density at radius 1 is 1.35 bits per heavy atom. The standard InChI is InChI=1S/C13H21N3O/c1-11-6-7-12(9-15-11)10-16-13(17)5-3-2-4-8-14/h6-7,9H,2-5,8,10,14H2,1H3,(H,16,17). The Labute approximate surface area is 103 Å². The van der Waals surface area contributed by atoms with E-state index in [1.165, 1.54) is 0 Å². The topological polar surface area (TPSA) is 68.0 Å². The molecule has 0 spiro atoms. The highest BCUT2D eigenvalue weighted by Crippen LogP contribution is 2.01. The second-order valence-corrected chi connectivity index (χ2v) is 4.18. The molecule has 0 unspecified atom stereocenters. The van der Waals surface area contributed by atoms with Gasteiger partial charge in [0.2, 0.25) is 5.91 Å². The monoisotopic (exact) mass is 235 g/mol. The lowest BCUT2D eigenvalue weighted by Gasteiger charge is -2.05. The van der Waals surface area contributed by atoms with Crippen molar-refractivity contribution >= 4 is 5.91 Å². The Hall–Kier alpha value is -1.42. The Kier molecular flexibility index (Phi) is 6.25. The molecule has 1 amide bonds. The van der Waals surface area contributed by atoms with Crippen LogP contribution in [-0.2, 0) is 11.3 Å². The summed E-state index contributed by atoms with van der Waals surface area (Å²) in [7, 11) is 0. The first-order valence-corrected chi connectivity index (χ1v) is 6.10. The molecule has 4 nitrogen and oxygen atoms in total. The molecule has 0 aliphatic carbocycles. The molecule has 0 saturated heterocycles. The molecule has 0 radical (unpaired) electrons. The van der Waals surface area contributed by atoms with E-state index < -0.39 is 0 Å². The van der Waals surface area contributed by atoms with Crippen molar-refractivity contribution in [3.63, 3.8) is 0 Å². The van der Waals surface area contributed by atoms with Crippen molar-refractivity contribution < 1.29 is 4.79 Å². The predicted molar refractivity (Wildman–Crippen MR) is 68.3 cm³/mol. The van der Waals surface area contributed by atoms with Gasteiger partial charge in [0.1, 0.15) is 0 Å². The highest BCUT2D eigenvalue weighted by molar-refractivity contribution is 5.75. The summed E-state index contributed by atoms with van der Waals surface area (Å²) in [6.45, 7) is 3.21. The van der Waals surface area contributed by atoms with Crippen LogP contribution in [0.4, 0.5) is 0 Å². The van der Waals surface area contributed by atoms with E-state index in [1.807, 2.05) is 19.1 Å².